The molecule has 2 aromatic heterocycles. The van der Waals surface area contributed by atoms with Gasteiger partial charge in [0.25, 0.3) is 0 Å². The number of hydrogen-bond donors (Lipinski definition) is 0. The van der Waals surface area contributed by atoms with E-state index < -0.39 is 17.8 Å². The molecule has 5 aromatic rings. The van der Waals surface area contributed by atoms with Crippen molar-refractivity contribution >= 4 is 64.2 Å². The van der Waals surface area contributed by atoms with Crippen LogP contribution in [0.25, 0.3) is 29.6 Å². The first kappa shape index (κ1) is 35.0. The number of thiophene rings is 2. The van der Waals surface area contributed by atoms with E-state index in [9.17, 15) is 14.0 Å². The van der Waals surface area contributed by atoms with Crippen LogP contribution in [0.5, 0.6) is 5.75 Å². The lowest BCUT2D eigenvalue weighted by Gasteiger charge is -2.13. The molecule has 47 heavy (non-hydrogen) atoms. The van der Waals surface area contributed by atoms with E-state index in [1.807, 2.05) is 19.1 Å². The van der Waals surface area contributed by atoms with Gasteiger partial charge in [-0.3, -0.25) is 0 Å². The normalized spacial score (nSPS) is 12.3. The number of esters is 2. The van der Waals surface area contributed by atoms with E-state index in [4.69, 9.17) is 9.47 Å². The molecule has 0 bridgehead atoms. The van der Waals surface area contributed by atoms with E-state index in [2.05, 4.69) is 32.0 Å². The quantitative estimate of drug-likeness (QED) is 0.0527. The SMILES string of the molecule is CCCCCCCCCCc1ccc2c(c1)sc1c3ccc(C(=O)Oc4ccc(C(=O)O[C@@H](C)CCCCCC)cc4F)cc3sc21. The monoisotopic (exact) mass is 674 g/mol. The minimum Gasteiger partial charge on any atom is -0.459 e. The van der Waals surface area contributed by atoms with Gasteiger partial charge in [-0.25, -0.2) is 14.0 Å². The molecule has 3 aromatic carbocycles. The Hall–Kier alpha value is -3.29. The lowest BCUT2D eigenvalue weighted by molar-refractivity contribution is 0.0319. The molecule has 250 valence electrons. The van der Waals surface area contributed by atoms with Crippen LogP contribution in [-0.2, 0) is 11.2 Å². The molecule has 2 heterocycles. The molecule has 0 saturated heterocycles. The zero-order valence-corrected chi connectivity index (χ0v) is 29.6. The Morgan fingerprint density at radius 3 is 1.94 bits per heavy atom. The van der Waals surface area contributed by atoms with Crippen LogP contribution in [0.4, 0.5) is 4.39 Å². The first-order chi connectivity index (χ1) is 22.9. The van der Waals surface area contributed by atoms with Crippen molar-refractivity contribution in [3.63, 3.8) is 0 Å². The predicted octanol–water partition coefficient (Wildman–Crippen LogP) is 12.8. The van der Waals surface area contributed by atoms with Gasteiger partial charge < -0.3 is 9.47 Å². The molecule has 7 heteroatoms. The fraction of sp³-hybridized carbons (Fsp3) is 0.450. The van der Waals surface area contributed by atoms with Crippen LogP contribution >= 0.6 is 22.7 Å². The fourth-order valence-electron chi connectivity index (χ4n) is 6.08. The van der Waals surface area contributed by atoms with Crippen LogP contribution in [0.15, 0.2) is 54.6 Å². The maximum absolute atomic E-state index is 14.9. The summed E-state index contributed by atoms with van der Waals surface area (Å²) in [5, 5.41) is 2.36. The van der Waals surface area contributed by atoms with Crippen molar-refractivity contribution < 1.29 is 23.5 Å². The molecule has 0 aliphatic rings. The molecule has 0 N–H and O–H groups in total. The minimum absolute atomic E-state index is 0.0929. The second kappa shape index (κ2) is 17.2. The standard InChI is InChI=1S/C40H47FO4S2/c1-4-6-8-10-11-12-13-15-17-28-18-21-31-35(24-28)46-38-32-22-19-30(26-36(32)47-37(31)38)40(43)45-34-23-20-29(25-33(34)41)39(42)44-27(3)16-14-9-7-5-2/h18-27H,4-17H2,1-3H3/t27-/m0/s1. The molecule has 0 aliphatic heterocycles. The smallest absolute Gasteiger partial charge is 0.343 e. The average Bonchev–Trinajstić information content (AvgIpc) is 3.60. The van der Waals surface area contributed by atoms with Crippen molar-refractivity contribution in [2.75, 3.05) is 0 Å². The summed E-state index contributed by atoms with van der Waals surface area (Å²) in [7, 11) is 0. The van der Waals surface area contributed by atoms with Crippen LogP contribution < -0.4 is 4.74 Å². The Balaban J connectivity index is 1.19. The lowest BCUT2D eigenvalue weighted by atomic mass is 10.0. The summed E-state index contributed by atoms with van der Waals surface area (Å²) in [6, 6.07) is 16.2. The number of halogens is 1. The van der Waals surface area contributed by atoms with Gasteiger partial charge in [0.2, 0.25) is 0 Å². The Morgan fingerprint density at radius 1 is 0.681 bits per heavy atom. The number of benzene rings is 3. The number of aryl methyl sites for hydroxylation is 1. The summed E-state index contributed by atoms with van der Waals surface area (Å²) >= 11 is 3.48. The topological polar surface area (TPSA) is 52.6 Å². The Labute approximate surface area is 286 Å². The maximum Gasteiger partial charge on any atom is 0.343 e. The molecule has 0 aliphatic carbocycles. The fourth-order valence-corrected chi connectivity index (χ4v) is 8.84. The predicted molar refractivity (Wildman–Crippen MR) is 196 cm³/mol. The average molecular weight is 675 g/mol. The second-order valence-corrected chi connectivity index (χ2v) is 14.8. The van der Waals surface area contributed by atoms with Crippen molar-refractivity contribution in [3.8, 4) is 5.75 Å². The Bertz CT molecular complexity index is 1800. The highest BCUT2D eigenvalue weighted by molar-refractivity contribution is 7.36. The molecule has 0 spiro atoms. The summed E-state index contributed by atoms with van der Waals surface area (Å²) in [6.45, 7) is 6.26. The number of rotatable bonds is 18. The first-order valence-electron chi connectivity index (χ1n) is 17.5. The minimum atomic E-state index is -0.783. The van der Waals surface area contributed by atoms with Crippen molar-refractivity contribution in [3.05, 3.63) is 77.1 Å². The summed E-state index contributed by atoms with van der Waals surface area (Å²) in [4.78, 5) is 25.6. The molecule has 1 atom stereocenters. The summed E-state index contributed by atoms with van der Waals surface area (Å²) < 4.78 is 30.6. The number of ether oxygens (including phenoxy) is 2. The highest BCUT2D eigenvalue weighted by Crippen LogP contribution is 2.44. The van der Waals surface area contributed by atoms with Crippen molar-refractivity contribution in [2.45, 2.75) is 117 Å². The van der Waals surface area contributed by atoms with E-state index >= 15 is 0 Å². The largest absolute Gasteiger partial charge is 0.459 e. The molecule has 0 radical (unpaired) electrons. The Morgan fingerprint density at radius 2 is 1.26 bits per heavy atom. The highest BCUT2D eigenvalue weighted by atomic mass is 32.1. The number of carbonyl (C=O) groups excluding carboxylic acids is 2. The van der Waals surface area contributed by atoms with Gasteiger partial charge in [-0.2, -0.15) is 0 Å². The van der Waals surface area contributed by atoms with Crippen LogP contribution in [0.1, 0.15) is 131 Å². The van der Waals surface area contributed by atoms with Crippen molar-refractivity contribution in [1.82, 2.24) is 0 Å². The number of carbonyl (C=O) groups is 2. The number of unbranched alkanes of at least 4 members (excludes halogenated alkanes) is 10. The van der Waals surface area contributed by atoms with Gasteiger partial charge in [0.15, 0.2) is 11.6 Å². The van der Waals surface area contributed by atoms with E-state index in [0.29, 0.717) is 5.56 Å². The van der Waals surface area contributed by atoms with Crippen LogP contribution in [-0.4, -0.2) is 18.0 Å². The van der Waals surface area contributed by atoms with E-state index in [-0.39, 0.29) is 17.4 Å². The van der Waals surface area contributed by atoms with Gasteiger partial charge in [0, 0.05) is 20.2 Å². The first-order valence-corrected chi connectivity index (χ1v) is 19.1. The molecular weight excluding hydrogens is 628 g/mol. The van der Waals surface area contributed by atoms with Crippen molar-refractivity contribution in [2.24, 2.45) is 0 Å². The molecule has 0 unspecified atom stereocenters. The molecule has 5 rings (SSSR count). The summed E-state index contributed by atoms with van der Waals surface area (Å²) in [5.74, 6) is -2.23. The second-order valence-electron chi connectivity index (χ2n) is 12.7. The lowest BCUT2D eigenvalue weighted by Crippen LogP contribution is -2.15. The zero-order valence-electron chi connectivity index (χ0n) is 28.0. The van der Waals surface area contributed by atoms with Gasteiger partial charge in [-0.1, -0.05) is 96.3 Å². The molecule has 0 fully saturated rings. The summed E-state index contributed by atoms with van der Waals surface area (Å²) in [6.07, 6.45) is 16.6. The van der Waals surface area contributed by atoms with Crippen LogP contribution in [0.3, 0.4) is 0 Å². The van der Waals surface area contributed by atoms with Gasteiger partial charge in [0.1, 0.15) is 0 Å². The van der Waals surface area contributed by atoms with Gasteiger partial charge in [-0.15, -0.1) is 22.7 Å². The third-order valence-electron chi connectivity index (χ3n) is 8.84. The zero-order chi connectivity index (χ0) is 33.2. The third kappa shape index (κ3) is 9.20. The molecule has 4 nitrogen and oxygen atoms in total. The maximum atomic E-state index is 14.9. The van der Waals surface area contributed by atoms with E-state index in [0.717, 1.165) is 54.7 Å². The summed E-state index contributed by atoms with van der Waals surface area (Å²) in [5.41, 5.74) is 1.84. The van der Waals surface area contributed by atoms with Crippen LogP contribution in [0.2, 0.25) is 0 Å². The van der Waals surface area contributed by atoms with Gasteiger partial charge in [0.05, 0.1) is 26.6 Å². The van der Waals surface area contributed by atoms with E-state index in [1.165, 1.54) is 88.5 Å². The number of fused-ring (bicyclic) bond motifs is 5. The molecule has 0 saturated carbocycles. The van der Waals surface area contributed by atoms with E-state index in [1.54, 1.807) is 28.7 Å². The van der Waals surface area contributed by atoms with Crippen molar-refractivity contribution in [1.29, 1.82) is 0 Å². The van der Waals surface area contributed by atoms with Gasteiger partial charge in [-0.05, 0) is 74.6 Å². The van der Waals surface area contributed by atoms with Crippen LogP contribution in [0, 0.1) is 5.82 Å². The Kier molecular flexibility index (Phi) is 12.8. The van der Waals surface area contributed by atoms with Gasteiger partial charge >= 0.3 is 11.9 Å². The third-order valence-corrected chi connectivity index (χ3v) is 11.3. The number of hydrogen-bond acceptors (Lipinski definition) is 6. The molecular formula is C40H47FO4S2. The highest BCUT2D eigenvalue weighted by Gasteiger charge is 2.19. The molecule has 0 amide bonds.